The number of ether oxygens (including phenoxy) is 1. The summed E-state index contributed by atoms with van der Waals surface area (Å²) in [4.78, 5) is 16.0. The molecule has 0 spiro atoms. The maximum Gasteiger partial charge on any atom is 0.416 e. The highest BCUT2D eigenvalue weighted by molar-refractivity contribution is 7.87. The number of benzene rings is 2. The van der Waals surface area contributed by atoms with E-state index in [-0.39, 0.29) is 43.2 Å². The number of carbonyl (C=O) groups excluding carboxylic acids is 1. The molecule has 2 aromatic carbocycles. The molecule has 38 heavy (non-hydrogen) atoms. The molecule has 7 nitrogen and oxygen atoms in total. The summed E-state index contributed by atoms with van der Waals surface area (Å²) in [5, 5.41) is 0. The largest absolute Gasteiger partial charge is 0.416 e. The number of hydrogen-bond donors (Lipinski definition) is 0. The van der Waals surface area contributed by atoms with Gasteiger partial charge >= 0.3 is 16.3 Å². The van der Waals surface area contributed by atoms with Crippen LogP contribution in [0.15, 0.2) is 47.4 Å². The topological polar surface area (TPSA) is 76.2 Å². The second kappa shape index (κ2) is 12.8. The summed E-state index contributed by atoms with van der Waals surface area (Å²) in [5.41, 5.74) is -0.300. The summed E-state index contributed by atoms with van der Waals surface area (Å²) >= 11 is 0. The van der Waals surface area contributed by atoms with Gasteiger partial charge in [0.25, 0.3) is 0 Å². The van der Waals surface area contributed by atoms with Crippen molar-refractivity contribution in [2.45, 2.75) is 58.7 Å². The maximum atomic E-state index is 13.2. The van der Waals surface area contributed by atoms with E-state index in [1.165, 1.54) is 13.2 Å². The fraction of sp³-hybridized carbons (Fsp3) is 0.519. The summed E-state index contributed by atoms with van der Waals surface area (Å²) in [6.45, 7) is 11.5. The molecule has 0 heterocycles. The molecule has 212 valence electrons. The van der Waals surface area contributed by atoms with Crippen LogP contribution in [0.1, 0.15) is 52.2 Å². The van der Waals surface area contributed by atoms with Crippen LogP contribution in [0.25, 0.3) is 0 Å². The third-order valence-electron chi connectivity index (χ3n) is 5.79. The van der Waals surface area contributed by atoms with Gasteiger partial charge in [0.05, 0.1) is 12.2 Å². The minimum absolute atomic E-state index is 0.0320. The molecule has 0 saturated carbocycles. The second-order valence-electron chi connectivity index (χ2n) is 10.1. The smallest absolute Gasteiger partial charge is 0.383 e. The second-order valence-corrected chi connectivity index (χ2v) is 11.6. The van der Waals surface area contributed by atoms with Crippen LogP contribution in [0, 0.1) is 5.41 Å². The summed E-state index contributed by atoms with van der Waals surface area (Å²) in [5.74, 6) is -0.202. The van der Waals surface area contributed by atoms with Gasteiger partial charge in [-0.2, -0.15) is 21.6 Å². The molecule has 1 amide bonds. The molecule has 0 radical (unpaired) electrons. The van der Waals surface area contributed by atoms with Gasteiger partial charge in [0.15, 0.2) is 0 Å². The summed E-state index contributed by atoms with van der Waals surface area (Å²) in [6, 6.07) is 8.42. The van der Waals surface area contributed by atoms with Crippen molar-refractivity contribution >= 4 is 21.7 Å². The monoisotopic (exact) mass is 558 g/mol. The number of nitrogens with zero attached hydrogens (tertiary/aromatic N) is 2. The maximum absolute atomic E-state index is 13.2. The zero-order chi connectivity index (χ0) is 28.7. The van der Waals surface area contributed by atoms with E-state index in [9.17, 15) is 26.4 Å². The Kier molecular flexibility index (Phi) is 10.6. The summed E-state index contributed by atoms with van der Waals surface area (Å²) in [7, 11) is -3.11. The minimum atomic E-state index is -4.71. The van der Waals surface area contributed by atoms with Crippen molar-refractivity contribution in [3.8, 4) is 5.75 Å². The Labute approximate surface area is 223 Å². The molecule has 0 saturated heterocycles. The normalized spacial score (nSPS) is 12.3. The standard InChI is InChI=1S/C27H37F3N2O5S/c1-7-31(8-2)22-13-12-20(19-32(14-15-36-6)25(33)18-26(3,4)5)24(17-22)37-38(34,35)23-11-9-10-21(16-23)27(28,29)30/h9-13,16-17H,7-8,14-15,18-19H2,1-6H3. The van der Waals surface area contributed by atoms with Gasteiger partial charge < -0.3 is 18.7 Å². The number of halogens is 3. The van der Waals surface area contributed by atoms with Gasteiger partial charge in [-0.05, 0) is 43.5 Å². The predicted octanol–water partition coefficient (Wildman–Crippen LogP) is 5.73. The van der Waals surface area contributed by atoms with Gasteiger partial charge in [0.2, 0.25) is 5.91 Å². The van der Waals surface area contributed by atoms with Crippen LogP contribution in [0.2, 0.25) is 0 Å². The fourth-order valence-electron chi connectivity index (χ4n) is 3.80. The van der Waals surface area contributed by atoms with Gasteiger partial charge in [0.1, 0.15) is 10.6 Å². The average molecular weight is 559 g/mol. The number of methoxy groups -OCH3 is 1. The van der Waals surface area contributed by atoms with Crippen molar-refractivity contribution in [1.29, 1.82) is 0 Å². The van der Waals surface area contributed by atoms with E-state index in [0.29, 0.717) is 30.4 Å². The Morgan fingerprint density at radius 1 is 1.00 bits per heavy atom. The van der Waals surface area contributed by atoms with Crippen molar-refractivity contribution in [2.75, 3.05) is 38.3 Å². The van der Waals surface area contributed by atoms with E-state index >= 15 is 0 Å². The first-order valence-corrected chi connectivity index (χ1v) is 13.8. The highest BCUT2D eigenvalue weighted by Gasteiger charge is 2.32. The van der Waals surface area contributed by atoms with Crippen LogP contribution in [0.4, 0.5) is 18.9 Å². The van der Waals surface area contributed by atoms with Crippen LogP contribution < -0.4 is 9.08 Å². The average Bonchev–Trinajstić information content (AvgIpc) is 2.82. The van der Waals surface area contributed by atoms with Crippen molar-refractivity contribution in [3.05, 3.63) is 53.6 Å². The van der Waals surface area contributed by atoms with Crippen molar-refractivity contribution in [3.63, 3.8) is 0 Å². The molecule has 0 aromatic heterocycles. The molecule has 11 heteroatoms. The van der Waals surface area contributed by atoms with Gasteiger partial charge in [-0.3, -0.25) is 4.79 Å². The number of carbonyl (C=O) groups is 1. The Balaban J connectivity index is 2.54. The molecule has 0 aliphatic rings. The molecular weight excluding hydrogens is 521 g/mol. The lowest BCUT2D eigenvalue weighted by Gasteiger charge is -2.28. The van der Waals surface area contributed by atoms with Crippen LogP contribution in [-0.2, 0) is 32.4 Å². The molecule has 0 atom stereocenters. The summed E-state index contributed by atoms with van der Waals surface area (Å²) < 4.78 is 76.5. The molecule has 2 rings (SSSR count). The number of alkyl halides is 3. The highest BCUT2D eigenvalue weighted by atomic mass is 32.2. The van der Waals surface area contributed by atoms with Crippen LogP contribution >= 0.6 is 0 Å². The molecular formula is C27H37F3N2O5S. The fourth-order valence-corrected chi connectivity index (χ4v) is 4.80. The molecule has 0 N–H and O–H groups in total. The zero-order valence-electron chi connectivity index (χ0n) is 22.8. The Hall–Kier alpha value is -2.79. The molecule has 0 aliphatic heterocycles. The highest BCUT2D eigenvalue weighted by Crippen LogP contribution is 2.33. The first-order chi connectivity index (χ1) is 17.6. The predicted molar refractivity (Wildman–Crippen MR) is 141 cm³/mol. The van der Waals surface area contributed by atoms with E-state index < -0.39 is 26.8 Å². The van der Waals surface area contributed by atoms with Gasteiger partial charge in [-0.15, -0.1) is 0 Å². The lowest BCUT2D eigenvalue weighted by Crippen LogP contribution is -2.35. The third-order valence-corrected chi connectivity index (χ3v) is 7.02. The van der Waals surface area contributed by atoms with Gasteiger partial charge in [0, 0.05) is 57.0 Å². The lowest BCUT2D eigenvalue weighted by atomic mass is 9.91. The molecule has 0 aliphatic carbocycles. The number of rotatable bonds is 12. The molecule has 0 fully saturated rings. The van der Waals surface area contributed by atoms with Crippen LogP contribution in [0.5, 0.6) is 5.75 Å². The third kappa shape index (κ3) is 8.90. The first-order valence-electron chi connectivity index (χ1n) is 12.4. The van der Waals surface area contributed by atoms with Crippen LogP contribution in [-0.4, -0.2) is 52.6 Å². The quantitative estimate of drug-likeness (QED) is 0.310. The van der Waals surface area contributed by atoms with Crippen molar-refractivity contribution < 1.29 is 35.3 Å². The van der Waals surface area contributed by atoms with E-state index in [4.69, 9.17) is 8.92 Å². The molecule has 0 unspecified atom stereocenters. The number of hydrogen-bond acceptors (Lipinski definition) is 6. The van der Waals surface area contributed by atoms with Gasteiger partial charge in [-0.1, -0.05) is 32.9 Å². The van der Waals surface area contributed by atoms with E-state index in [1.54, 1.807) is 17.0 Å². The van der Waals surface area contributed by atoms with Gasteiger partial charge in [-0.25, -0.2) is 0 Å². The van der Waals surface area contributed by atoms with Crippen molar-refractivity contribution in [2.24, 2.45) is 5.41 Å². The summed E-state index contributed by atoms with van der Waals surface area (Å²) in [6.07, 6.45) is -4.46. The minimum Gasteiger partial charge on any atom is -0.383 e. The Morgan fingerprint density at radius 3 is 2.21 bits per heavy atom. The Bertz CT molecular complexity index is 1190. The van der Waals surface area contributed by atoms with E-state index in [2.05, 4.69) is 0 Å². The SMILES string of the molecule is CCN(CC)c1ccc(CN(CCOC)C(=O)CC(C)(C)C)c(OS(=O)(=O)c2cccc(C(F)(F)F)c2)c1. The molecule has 0 bridgehead atoms. The van der Waals surface area contributed by atoms with Crippen LogP contribution in [0.3, 0.4) is 0 Å². The number of anilines is 1. The lowest BCUT2D eigenvalue weighted by molar-refractivity contribution is -0.137. The first kappa shape index (κ1) is 31.4. The molecule has 2 aromatic rings. The van der Waals surface area contributed by atoms with E-state index in [1.807, 2.05) is 39.5 Å². The van der Waals surface area contributed by atoms with Crippen molar-refractivity contribution in [1.82, 2.24) is 4.90 Å². The van der Waals surface area contributed by atoms with E-state index in [0.717, 1.165) is 18.2 Å². The zero-order valence-corrected chi connectivity index (χ0v) is 23.6. The number of amides is 1. The Morgan fingerprint density at radius 2 is 1.66 bits per heavy atom.